The van der Waals surface area contributed by atoms with E-state index in [1.54, 1.807) is 0 Å². The van der Waals surface area contributed by atoms with Gasteiger partial charge in [-0.25, -0.2) is 0 Å². The molecule has 0 bridgehead atoms. The molecule has 1 fully saturated rings. The Labute approximate surface area is 176 Å². The molecule has 2 nitrogen and oxygen atoms in total. The van der Waals surface area contributed by atoms with Crippen molar-refractivity contribution in [3.63, 3.8) is 0 Å². The van der Waals surface area contributed by atoms with Crippen LogP contribution in [0.5, 0.6) is 0 Å². The van der Waals surface area contributed by atoms with Gasteiger partial charge in [-0.05, 0) is 53.6 Å². The lowest BCUT2D eigenvalue weighted by Gasteiger charge is -2.21. The number of rotatable bonds is 3. The van der Waals surface area contributed by atoms with E-state index in [2.05, 4.69) is 71.7 Å². The summed E-state index contributed by atoms with van der Waals surface area (Å²) in [4.78, 5) is 4.67. The second kappa shape index (κ2) is 7.28. The predicted octanol–water partition coefficient (Wildman–Crippen LogP) is 7.92. The molecule has 0 atom stereocenters. The van der Waals surface area contributed by atoms with E-state index >= 15 is 0 Å². The summed E-state index contributed by atoms with van der Waals surface area (Å²) in [6, 6.07) is 23.7. The molecule has 3 aromatic carbocycles. The molecule has 0 aliphatic heterocycles. The Bertz CT molecular complexity index is 1360. The van der Waals surface area contributed by atoms with Gasteiger partial charge in [-0.1, -0.05) is 68.5 Å². The van der Waals surface area contributed by atoms with Gasteiger partial charge >= 0.3 is 0 Å². The highest BCUT2D eigenvalue weighted by atomic mass is 16.3. The Morgan fingerprint density at radius 3 is 2.60 bits per heavy atom. The van der Waals surface area contributed by atoms with Crippen molar-refractivity contribution in [2.75, 3.05) is 0 Å². The van der Waals surface area contributed by atoms with Gasteiger partial charge in [0.1, 0.15) is 11.2 Å². The molecule has 5 aromatic rings. The standard InChI is InChI=1S/C28H25NO/c1-2-6-19(7-3-1)16-20-14-15-29-26(17-20)22-11-12-24-25-13-10-21-8-4-5-9-23(21)28(25)30-27(24)18-22/h4-5,8-15,17-19H,1-3,6-7,16H2. The fourth-order valence-corrected chi connectivity index (χ4v) is 5.15. The van der Waals surface area contributed by atoms with Crippen LogP contribution in [0.3, 0.4) is 0 Å². The van der Waals surface area contributed by atoms with Crippen molar-refractivity contribution in [3.05, 3.63) is 78.5 Å². The molecule has 1 saturated carbocycles. The monoisotopic (exact) mass is 391 g/mol. The highest BCUT2D eigenvalue weighted by Gasteiger charge is 2.15. The third-order valence-corrected chi connectivity index (χ3v) is 6.73. The van der Waals surface area contributed by atoms with E-state index < -0.39 is 0 Å². The van der Waals surface area contributed by atoms with E-state index in [9.17, 15) is 0 Å². The van der Waals surface area contributed by atoms with Gasteiger partial charge < -0.3 is 4.42 Å². The lowest BCUT2D eigenvalue weighted by Crippen LogP contribution is -2.09. The summed E-state index contributed by atoms with van der Waals surface area (Å²) in [5, 5.41) is 4.72. The van der Waals surface area contributed by atoms with Crippen LogP contribution in [0.1, 0.15) is 37.7 Å². The lowest BCUT2D eigenvalue weighted by atomic mass is 9.85. The van der Waals surface area contributed by atoms with Crippen molar-refractivity contribution in [3.8, 4) is 11.3 Å². The zero-order chi connectivity index (χ0) is 19.9. The van der Waals surface area contributed by atoms with Crippen LogP contribution in [-0.2, 0) is 6.42 Å². The summed E-state index contributed by atoms with van der Waals surface area (Å²) in [5.74, 6) is 0.833. The maximum atomic E-state index is 6.35. The zero-order valence-corrected chi connectivity index (χ0v) is 17.1. The second-order valence-electron chi connectivity index (χ2n) is 8.73. The molecule has 0 N–H and O–H groups in total. The zero-order valence-electron chi connectivity index (χ0n) is 17.1. The van der Waals surface area contributed by atoms with E-state index in [4.69, 9.17) is 4.42 Å². The minimum atomic E-state index is 0.833. The molecule has 2 heterocycles. The molecule has 0 saturated heterocycles. The van der Waals surface area contributed by atoms with E-state index in [-0.39, 0.29) is 0 Å². The minimum Gasteiger partial charge on any atom is -0.455 e. The summed E-state index contributed by atoms with van der Waals surface area (Å²) in [5.41, 5.74) is 5.46. The Morgan fingerprint density at radius 1 is 0.800 bits per heavy atom. The van der Waals surface area contributed by atoms with Crippen LogP contribution >= 0.6 is 0 Å². The van der Waals surface area contributed by atoms with Gasteiger partial charge in [0, 0.05) is 27.9 Å². The number of hydrogen-bond donors (Lipinski definition) is 0. The van der Waals surface area contributed by atoms with E-state index in [1.807, 2.05) is 6.20 Å². The highest BCUT2D eigenvalue weighted by Crippen LogP contribution is 2.36. The minimum absolute atomic E-state index is 0.833. The first-order chi connectivity index (χ1) is 14.8. The summed E-state index contributed by atoms with van der Waals surface area (Å²) < 4.78 is 6.35. The molecule has 1 aliphatic carbocycles. The average Bonchev–Trinajstić information content (AvgIpc) is 3.18. The van der Waals surface area contributed by atoms with Crippen molar-refractivity contribution in [1.82, 2.24) is 4.98 Å². The highest BCUT2D eigenvalue weighted by molar-refractivity contribution is 6.15. The first-order valence-corrected chi connectivity index (χ1v) is 11.1. The molecule has 30 heavy (non-hydrogen) atoms. The number of pyridine rings is 1. The normalized spacial score (nSPS) is 15.3. The van der Waals surface area contributed by atoms with Crippen molar-refractivity contribution in [2.45, 2.75) is 38.5 Å². The fraction of sp³-hybridized carbons (Fsp3) is 0.250. The van der Waals surface area contributed by atoms with Gasteiger partial charge in [0.05, 0.1) is 5.69 Å². The molecule has 1 aliphatic rings. The summed E-state index contributed by atoms with van der Waals surface area (Å²) >= 11 is 0. The topological polar surface area (TPSA) is 26.0 Å². The van der Waals surface area contributed by atoms with Gasteiger partial charge in [-0.3, -0.25) is 4.98 Å². The maximum absolute atomic E-state index is 6.35. The Morgan fingerprint density at radius 2 is 1.67 bits per heavy atom. The molecule has 0 radical (unpaired) electrons. The number of aromatic nitrogens is 1. The second-order valence-corrected chi connectivity index (χ2v) is 8.73. The van der Waals surface area contributed by atoms with Crippen molar-refractivity contribution in [1.29, 1.82) is 0 Å². The van der Waals surface area contributed by atoms with Gasteiger partial charge in [-0.2, -0.15) is 0 Å². The molecule has 2 aromatic heterocycles. The number of furan rings is 1. The van der Waals surface area contributed by atoms with Crippen LogP contribution in [0.2, 0.25) is 0 Å². The van der Waals surface area contributed by atoms with E-state index in [0.29, 0.717) is 0 Å². The Hall–Kier alpha value is -3.13. The van der Waals surface area contributed by atoms with Crippen molar-refractivity contribution in [2.24, 2.45) is 5.92 Å². The van der Waals surface area contributed by atoms with Crippen LogP contribution in [0.4, 0.5) is 0 Å². The maximum Gasteiger partial charge on any atom is 0.143 e. The SMILES string of the molecule is c1ccc2c(c1)ccc1c3ccc(-c4cc(CC5CCCCC5)ccn4)cc3oc21. The molecular weight excluding hydrogens is 366 g/mol. The molecule has 148 valence electrons. The molecule has 0 amide bonds. The van der Waals surface area contributed by atoms with Gasteiger partial charge in [0.15, 0.2) is 0 Å². The molecular formula is C28H25NO. The molecule has 0 spiro atoms. The predicted molar refractivity (Wildman–Crippen MR) is 125 cm³/mol. The van der Waals surface area contributed by atoms with E-state index in [1.165, 1.54) is 60.2 Å². The Balaban J connectivity index is 1.40. The third-order valence-electron chi connectivity index (χ3n) is 6.73. The van der Waals surface area contributed by atoms with Crippen molar-refractivity contribution >= 4 is 32.7 Å². The van der Waals surface area contributed by atoms with Crippen LogP contribution in [0.15, 0.2) is 77.3 Å². The molecule has 2 heteroatoms. The number of benzene rings is 3. The lowest BCUT2D eigenvalue weighted by molar-refractivity contribution is 0.356. The summed E-state index contributed by atoms with van der Waals surface area (Å²) in [6.07, 6.45) is 10.1. The average molecular weight is 392 g/mol. The molecule has 0 unspecified atom stereocenters. The van der Waals surface area contributed by atoms with Crippen LogP contribution < -0.4 is 0 Å². The summed E-state index contributed by atoms with van der Waals surface area (Å²) in [7, 11) is 0. The summed E-state index contributed by atoms with van der Waals surface area (Å²) in [6.45, 7) is 0. The first-order valence-electron chi connectivity index (χ1n) is 11.1. The number of fused-ring (bicyclic) bond motifs is 5. The largest absolute Gasteiger partial charge is 0.455 e. The number of hydrogen-bond acceptors (Lipinski definition) is 2. The van der Waals surface area contributed by atoms with Crippen LogP contribution in [0, 0.1) is 5.92 Å². The third kappa shape index (κ3) is 3.08. The van der Waals surface area contributed by atoms with Crippen molar-refractivity contribution < 1.29 is 4.42 Å². The Kier molecular flexibility index (Phi) is 4.30. The molecule has 6 rings (SSSR count). The van der Waals surface area contributed by atoms with Gasteiger partial charge in [0.25, 0.3) is 0 Å². The van der Waals surface area contributed by atoms with Gasteiger partial charge in [-0.15, -0.1) is 0 Å². The fourth-order valence-electron chi connectivity index (χ4n) is 5.15. The smallest absolute Gasteiger partial charge is 0.143 e. The van der Waals surface area contributed by atoms with Crippen LogP contribution in [0.25, 0.3) is 44.0 Å². The quantitative estimate of drug-likeness (QED) is 0.312. The van der Waals surface area contributed by atoms with Gasteiger partial charge in [0.2, 0.25) is 0 Å². The van der Waals surface area contributed by atoms with Crippen LogP contribution in [-0.4, -0.2) is 4.98 Å². The number of nitrogens with zero attached hydrogens (tertiary/aromatic N) is 1. The first kappa shape index (κ1) is 17.7. The van der Waals surface area contributed by atoms with E-state index in [0.717, 1.165) is 33.7 Å².